The normalized spacial score (nSPS) is 24.3. The third-order valence-corrected chi connectivity index (χ3v) is 4.47. The quantitative estimate of drug-likeness (QED) is 0.862. The van der Waals surface area contributed by atoms with Gasteiger partial charge in [-0.05, 0) is 31.0 Å². The van der Waals surface area contributed by atoms with Crippen molar-refractivity contribution >= 4 is 17.4 Å². The first-order valence-corrected chi connectivity index (χ1v) is 6.97. The molecule has 1 aromatic rings. The third kappa shape index (κ3) is 3.13. The van der Waals surface area contributed by atoms with E-state index in [0.717, 1.165) is 12.2 Å². The van der Waals surface area contributed by atoms with Gasteiger partial charge in [0.2, 0.25) is 0 Å². The summed E-state index contributed by atoms with van der Waals surface area (Å²) in [6, 6.07) is 4.73. The summed E-state index contributed by atoms with van der Waals surface area (Å²) in [5.74, 6) is 0.955. The summed E-state index contributed by atoms with van der Waals surface area (Å²) in [5, 5.41) is 3.77. The molecule has 1 nitrogen and oxygen atoms in total. The maximum absolute atomic E-state index is 12.8. The predicted octanol–water partition coefficient (Wildman–Crippen LogP) is 4.32. The van der Waals surface area contributed by atoms with Gasteiger partial charge in [-0.1, -0.05) is 13.0 Å². The van der Waals surface area contributed by atoms with Crippen molar-refractivity contribution < 1.29 is 13.2 Å². The Bertz CT molecular complexity index is 431. The molecule has 1 fully saturated rings. The number of rotatable bonds is 2. The summed E-state index contributed by atoms with van der Waals surface area (Å²) >= 11 is 1.85. The van der Waals surface area contributed by atoms with Gasteiger partial charge in [-0.2, -0.15) is 24.9 Å². The van der Waals surface area contributed by atoms with Crippen molar-refractivity contribution in [2.24, 2.45) is 0 Å². The van der Waals surface area contributed by atoms with Crippen LogP contribution in [0.3, 0.4) is 0 Å². The average molecular weight is 275 g/mol. The molecule has 0 aliphatic carbocycles. The monoisotopic (exact) mass is 275 g/mol. The molecule has 1 aliphatic heterocycles. The molecule has 0 radical (unpaired) electrons. The van der Waals surface area contributed by atoms with Gasteiger partial charge in [-0.3, -0.25) is 0 Å². The lowest BCUT2D eigenvalue weighted by molar-refractivity contribution is -0.138. The molecule has 0 spiro atoms. The number of hydrogen-bond donors (Lipinski definition) is 1. The van der Waals surface area contributed by atoms with Gasteiger partial charge in [0.25, 0.3) is 0 Å². The van der Waals surface area contributed by atoms with E-state index in [1.807, 2.05) is 11.8 Å². The first-order chi connectivity index (χ1) is 8.36. The van der Waals surface area contributed by atoms with Gasteiger partial charge in [0.05, 0.1) is 5.56 Å². The minimum Gasteiger partial charge on any atom is -0.381 e. The number of halogens is 3. The van der Waals surface area contributed by atoms with Crippen LogP contribution in [-0.2, 0) is 6.18 Å². The number of alkyl halides is 3. The van der Waals surface area contributed by atoms with Crippen molar-refractivity contribution in [1.82, 2.24) is 0 Å². The molecule has 18 heavy (non-hydrogen) atoms. The molecule has 100 valence electrons. The largest absolute Gasteiger partial charge is 0.416 e. The van der Waals surface area contributed by atoms with Gasteiger partial charge in [-0.15, -0.1) is 0 Å². The van der Waals surface area contributed by atoms with Gasteiger partial charge in [-0.25, -0.2) is 0 Å². The highest BCUT2D eigenvalue weighted by atomic mass is 32.2. The standard InChI is InChI=1S/C13H16F3NS/c1-8-3-4-10(6-12(8)13(14,15)16)17-11-5-9(2)18-7-11/h3-4,6,9,11,17H,5,7H2,1-2H3. The fourth-order valence-corrected chi connectivity index (χ4v) is 3.32. The lowest BCUT2D eigenvalue weighted by Gasteiger charge is -2.16. The third-order valence-electron chi connectivity index (χ3n) is 3.11. The Hall–Kier alpha value is -0.840. The fourth-order valence-electron chi connectivity index (χ4n) is 2.17. The molecule has 1 heterocycles. The Morgan fingerprint density at radius 2 is 2.06 bits per heavy atom. The van der Waals surface area contributed by atoms with Crippen LogP contribution in [0.2, 0.25) is 0 Å². The number of hydrogen-bond acceptors (Lipinski definition) is 2. The Morgan fingerprint density at radius 1 is 1.33 bits per heavy atom. The summed E-state index contributed by atoms with van der Waals surface area (Å²) < 4.78 is 38.3. The smallest absolute Gasteiger partial charge is 0.381 e. The molecule has 5 heteroatoms. The van der Waals surface area contributed by atoms with Crippen LogP contribution in [0.15, 0.2) is 18.2 Å². The van der Waals surface area contributed by atoms with E-state index in [1.54, 1.807) is 6.07 Å². The van der Waals surface area contributed by atoms with Crippen molar-refractivity contribution in [3.05, 3.63) is 29.3 Å². The average Bonchev–Trinajstić information content (AvgIpc) is 2.65. The zero-order valence-electron chi connectivity index (χ0n) is 10.3. The van der Waals surface area contributed by atoms with Crippen molar-refractivity contribution in [2.45, 2.75) is 37.7 Å². The second-order valence-electron chi connectivity index (χ2n) is 4.75. The van der Waals surface area contributed by atoms with Crippen molar-refractivity contribution in [3.8, 4) is 0 Å². The Labute approximate surface area is 109 Å². The molecule has 0 aromatic heterocycles. The summed E-state index contributed by atoms with van der Waals surface area (Å²) in [7, 11) is 0. The van der Waals surface area contributed by atoms with Gasteiger partial charge < -0.3 is 5.32 Å². The lowest BCUT2D eigenvalue weighted by Crippen LogP contribution is -2.19. The number of nitrogens with one attached hydrogen (secondary N) is 1. The summed E-state index contributed by atoms with van der Waals surface area (Å²) in [4.78, 5) is 0. The fraction of sp³-hybridized carbons (Fsp3) is 0.538. The van der Waals surface area contributed by atoms with Crippen LogP contribution in [-0.4, -0.2) is 17.0 Å². The van der Waals surface area contributed by atoms with Crippen molar-refractivity contribution in [3.63, 3.8) is 0 Å². The van der Waals surface area contributed by atoms with Crippen LogP contribution in [0.25, 0.3) is 0 Å². The highest BCUT2D eigenvalue weighted by Gasteiger charge is 2.32. The van der Waals surface area contributed by atoms with E-state index in [9.17, 15) is 13.2 Å². The molecular weight excluding hydrogens is 259 g/mol. The maximum atomic E-state index is 12.8. The predicted molar refractivity (Wildman–Crippen MR) is 70.1 cm³/mol. The molecule has 1 aromatic carbocycles. The van der Waals surface area contributed by atoms with Crippen molar-refractivity contribution in [2.75, 3.05) is 11.1 Å². The number of aryl methyl sites for hydroxylation is 1. The topological polar surface area (TPSA) is 12.0 Å². The van der Waals surface area contributed by atoms with Gasteiger partial charge in [0.1, 0.15) is 0 Å². The van der Waals surface area contributed by atoms with E-state index >= 15 is 0 Å². The molecule has 1 N–H and O–H groups in total. The Balaban J connectivity index is 2.15. The van der Waals surface area contributed by atoms with E-state index in [0.29, 0.717) is 10.9 Å². The summed E-state index contributed by atoms with van der Waals surface area (Å²) in [5.41, 5.74) is 0.279. The highest BCUT2D eigenvalue weighted by molar-refractivity contribution is 8.00. The van der Waals surface area contributed by atoms with Gasteiger partial charge in [0, 0.05) is 22.7 Å². The lowest BCUT2D eigenvalue weighted by atomic mass is 10.1. The highest BCUT2D eigenvalue weighted by Crippen LogP contribution is 2.34. The zero-order chi connectivity index (χ0) is 13.3. The number of thioether (sulfide) groups is 1. The molecule has 0 bridgehead atoms. The first kappa shape index (κ1) is 13.6. The molecule has 1 aliphatic rings. The number of benzene rings is 1. The van der Waals surface area contributed by atoms with E-state index in [-0.39, 0.29) is 11.6 Å². The van der Waals surface area contributed by atoms with Crippen molar-refractivity contribution in [1.29, 1.82) is 0 Å². The van der Waals surface area contributed by atoms with Gasteiger partial charge in [0.15, 0.2) is 0 Å². The molecule has 0 saturated carbocycles. The van der Waals surface area contributed by atoms with Crippen LogP contribution < -0.4 is 5.32 Å². The van der Waals surface area contributed by atoms with E-state index < -0.39 is 11.7 Å². The molecular formula is C13H16F3NS. The van der Waals surface area contributed by atoms with Gasteiger partial charge >= 0.3 is 6.18 Å². The second-order valence-corrected chi connectivity index (χ2v) is 6.22. The van der Waals surface area contributed by atoms with Crippen LogP contribution in [0, 0.1) is 6.92 Å². The molecule has 2 rings (SSSR count). The van der Waals surface area contributed by atoms with Crippen LogP contribution in [0.1, 0.15) is 24.5 Å². The zero-order valence-corrected chi connectivity index (χ0v) is 11.2. The van der Waals surface area contributed by atoms with E-state index in [4.69, 9.17) is 0 Å². The minimum atomic E-state index is -4.28. The SMILES string of the molecule is Cc1ccc(NC2CSC(C)C2)cc1C(F)(F)F. The Morgan fingerprint density at radius 3 is 2.61 bits per heavy atom. The maximum Gasteiger partial charge on any atom is 0.416 e. The Kier molecular flexibility index (Phi) is 3.80. The number of anilines is 1. The van der Waals surface area contributed by atoms with Crippen LogP contribution >= 0.6 is 11.8 Å². The molecule has 2 unspecified atom stereocenters. The summed E-state index contributed by atoms with van der Waals surface area (Å²) in [6.07, 6.45) is -3.28. The summed E-state index contributed by atoms with van der Waals surface area (Å²) in [6.45, 7) is 3.63. The van der Waals surface area contributed by atoms with E-state index in [1.165, 1.54) is 19.1 Å². The second kappa shape index (κ2) is 5.03. The van der Waals surface area contributed by atoms with Crippen LogP contribution in [0.5, 0.6) is 0 Å². The first-order valence-electron chi connectivity index (χ1n) is 5.92. The molecule has 2 atom stereocenters. The van der Waals surface area contributed by atoms with E-state index in [2.05, 4.69) is 12.2 Å². The molecule has 1 saturated heterocycles. The molecule has 0 amide bonds. The van der Waals surface area contributed by atoms with Crippen LogP contribution in [0.4, 0.5) is 18.9 Å². The minimum absolute atomic E-state index is 0.266.